The van der Waals surface area contributed by atoms with E-state index in [0.29, 0.717) is 0 Å². The molecule has 0 saturated carbocycles. The second kappa shape index (κ2) is 7.96. The van der Waals surface area contributed by atoms with Gasteiger partial charge in [0.1, 0.15) is 0 Å². The highest BCUT2D eigenvalue weighted by molar-refractivity contribution is 5.39. The minimum atomic E-state index is 1.04. The Kier molecular flexibility index (Phi) is 6.48. The van der Waals surface area contributed by atoms with Crippen LogP contribution in [-0.2, 0) is 0 Å². The fraction of sp³-hybridized carbons (Fsp3) is 0.529. The molecule has 0 aliphatic heterocycles. The van der Waals surface area contributed by atoms with Crippen molar-refractivity contribution in [1.29, 1.82) is 0 Å². The van der Waals surface area contributed by atoms with E-state index in [4.69, 9.17) is 0 Å². The monoisotopic (exact) mass is 228 g/mol. The van der Waals surface area contributed by atoms with Crippen molar-refractivity contribution in [3.05, 3.63) is 34.9 Å². The highest BCUT2D eigenvalue weighted by Crippen LogP contribution is 2.08. The van der Waals surface area contributed by atoms with Crippen LogP contribution in [0.3, 0.4) is 0 Å². The molecule has 0 bridgehead atoms. The molecule has 0 N–H and O–H groups in total. The van der Waals surface area contributed by atoms with Gasteiger partial charge in [-0.05, 0) is 43.5 Å². The molecule has 17 heavy (non-hydrogen) atoms. The van der Waals surface area contributed by atoms with Crippen LogP contribution < -0.4 is 0 Å². The van der Waals surface area contributed by atoms with Gasteiger partial charge in [-0.1, -0.05) is 50.5 Å². The Bertz CT molecular complexity index is 370. The van der Waals surface area contributed by atoms with Crippen LogP contribution in [-0.4, -0.2) is 0 Å². The maximum atomic E-state index is 3.28. The molecule has 1 rings (SSSR count). The van der Waals surface area contributed by atoms with Crippen molar-refractivity contribution < 1.29 is 0 Å². The first-order valence-corrected chi connectivity index (χ1v) is 6.79. The lowest BCUT2D eigenvalue weighted by molar-refractivity contribution is 0.641. The molecule has 0 radical (unpaired) electrons. The minimum Gasteiger partial charge on any atom is -0.0979 e. The zero-order chi connectivity index (χ0) is 12.5. The quantitative estimate of drug-likeness (QED) is 0.490. The van der Waals surface area contributed by atoms with Gasteiger partial charge in [0.25, 0.3) is 0 Å². The van der Waals surface area contributed by atoms with E-state index in [2.05, 4.69) is 50.8 Å². The van der Waals surface area contributed by atoms with Gasteiger partial charge in [-0.3, -0.25) is 0 Å². The van der Waals surface area contributed by atoms with E-state index in [0.717, 1.165) is 12.0 Å². The Morgan fingerprint density at radius 3 is 2.18 bits per heavy atom. The summed E-state index contributed by atoms with van der Waals surface area (Å²) in [5, 5.41) is 0. The molecular formula is C17H24. The Morgan fingerprint density at radius 1 is 0.882 bits per heavy atom. The number of aryl methyl sites for hydroxylation is 2. The van der Waals surface area contributed by atoms with Gasteiger partial charge in [0, 0.05) is 12.0 Å². The molecule has 0 aromatic heterocycles. The van der Waals surface area contributed by atoms with Crippen LogP contribution in [0.5, 0.6) is 0 Å². The molecule has 0 heterocycles. The van der Waals surface area contributed by atoms with Gasteiger partial charge in [-0.2, -0.15) is 0 Å². The highest BCUT2D eigenvalue weighted by Gasteiger charge is 1.91. The number of unbranched alkanes of at least 4 members (excludes halogenated alkanes) is 5. The summed E-state index contributed by atoms with van der Waals surface area (Å²) in [5.41, 5.74) is 3.77. The summed E-state index contributed by atoms with van der Waals surface area (Å²) in [4.78, 5) is 0. The molecule has 92 valence electrons. The largest absolute Gasteiger partial charge is 0.0979 e. The molecular weight excluding hydrogens is 204 g/mol. The average Bonchev–Trinajstić information content (AvgIpc) is 2.26. The normalized spacial score (nSPS) is 9.82. The summed E-state index contributed by atoms with van der Waals surface area (Å²) in [7, 11) is 0. The van der Waals surface area contributed by atoms with E-state index in [-0.39, 0.29) is 0 Å². The lowest BCUT2D eigenvalue weighted by Gasteiger charge is -1.98. The van der Waals surface area contributed by atoms with Crippen LogP contribution in [0.4, 0.5) is 0 Å². The molecule has 0 heteroatoms. The van der Waals surface area contributed by atoms with Crippen molar-refractivity contribution in [1.82, 2.24) is 0 Å². The van der Waals surface area contributed by atoms with Gasteiger partial charge < -0.3 is 0 Å². The molecule has 1 aromatic rings. The Labute approximate surface area is 106 Å². The van der Waals surface area contributed by atoms with Crippen LogP contribution >= 0.6 is 0 Å². The maximum Gasteiger partial charge on any atom is 0.0250 e. The maximum absolute atomic E-state index is 3.28. The lowest BCUT2D eigenvalue weighted by atomic mass is 10.1. The predicted octanol–water partition coefficient (Wildman–Crippen LogP) is 5.02. The van der Waals surface area contributed by atoms with Crippen LogP contribution in [0, 0.1) is 25.7 Å². The molecule has 0 atom stereocenters. The molecule has 0 aliphatic carbocycles. The predicted molar refractivity (Wildman–Crippen MR) is 76.2 cm³/mol. The van der Waals surface area contributed by atoms with Crippen molar-refractivity contribution in [2.45, 2.75) is 59.3 Å². The standard InChI is InChI=1S/C17H24/c1-4-5-6-7-8-9-10-11-17-13-15(2)12-16(3)14-17/h12-14H,4-9H2,1-3H3. The zero-order valence-corrected chi connectivity index (χ0v) is 11.5. The number of hydrogen-bond donors (Lipinski definition) is 0. The van der Waals surface area contributed by atoms with E-state index >= 15 is 0 Å². The molecule has 1 aromatic carbocycles. The summed E-state index contributed by atoms with van der Waals surface area (Å²) in [6, 6.07) is 6.52. The third-order valence-electron chi connectivity index (χ3n) is 2.86. The van der Waals surface area contributed by atoms with Gasteiger partial charge >= 0.3 is 0 Å². The van der Waals surface area contributed by atoms with Crippen molar-refractivity contribution >= 4 is 0 Å². The molecule has 0 spiro atoms. The smallest absolute Gasteiger partial charge is 0.0250 e. The summed E-state index contributed by atoms with van der Waals surface area (Å²) >= 11 is 0. The van der Waals surface area contributed by atoms with E-state index < -0.39 is 0 Å². The Balaban J connectivity index is 2.33. The van der Waals surface area contributed by atoms with Crippen LogP contribution in [0.1, 0.15) is 62.1 Å². The van der Waals surface area contributed by atoms with Crippen molar-refractivity contribution in [2.75, 3.05) is 0 Å². The first-order valence-electron chi connectivity index (χ1n) is 6.79. The van der Waals surface area contributed by atoms with E-state index in [1.54, 1.807) is 0 Å². The summed E-state index contributed by atoms with van der Waals surface area (Å²) in [5.74, 6) is 6.55. The molecule has 0 saturated heterocycles. The SMILES string of the molecule is CCCCCCCC#Cc1cc(C)cc(C)c1. The number of benzene rings is 1. The average molecular weight is 228 g/mol. The Morgan fingerprint density at radius 2 is 1.53 bits per heavy atom. The fourth-order valence-electron chi connectivity index (χ4n) is 2.03. The molecule has 0 nitrogen and oxygen atoms in total. The lowest BCUT2D eigenvalue weighted by Crippen LogP contribution is -1.81. The zero-order valence-electron chi connectivity index (χ0n) is 11.5. The van der Waals surface area contributed by atoms with E-state index in [1.165, 1.54) is 43.2 Å². The molecule has 0 amide bonds. The van der Waals surface area contributed by atoms with Gasteiger partial charge in [-0.25, -0.2) is 0 Å². The first kappa shape index (κ1) is 13.8. The molecule has 0 unspecified atom stereocenters. The van der Waals surface area contributed by atoms with Crippen molar-refractivity contribution in [2.24, 2.45) is 0 Å². The van der Waals surface area contributed by atoms with E-state index in [9.17, 15) is 0 Å². The highest BCUT2D eigenvalue weighted by atomic mass is 14.0. The van der Waals surface area contributed by atoms with Crippen molar-refractivity contribution in [3.63, 3.8) is 0 Å². The Hall–Kier alpha value is -1.22. The van der Waals surface area contributed by atoms with Crippen LogP contribution in [0.2, 0.25) is 0 Å². The number of hydrogen-bond acceptors (Lipinski definition) is 0. The number of rotatable bonds is 5. The van der Waals surface area contributed by atoms with Gasteiger partial charge in [0.05, 0.1) is 0 Å². The summed E-state index contributed by atoms with van der Waals surface area (Å²) in [6.45, 7) is 6.51. The van der Waals surface area contributed by atoms with Gasteiger partial charge in [-0.15, -0.1) is 0 Å². The summed E-state index contributed by atoms with van der Waals surface area (Å²) in [6.07, 6.45) is 7.66. The molecule has 0 fully saturated rings. The third kappa shape index (κ3) is 6.17. The third-order valence-corrected chi connectivity index (χ3v) is 2.86. The first-order chi connectivity index (χ1) is 8.22. The molecule has 0 aliphatic rings. The second-order valence-corrected chi connectivity index (χ2v) is 4.84. The van der Waals surface area contributed by atoms with Crippen molar-refractivity contribution in [3.8, 4) is 11.8 Å². The second-order valence-electron chi connectivity index (χ2n) is 4.84. The van der Waals surface area contributed by atoms with Crippen LogP contribution in [0.15, 0.2) is 18.2 Å². The topological polar surface area (TPSA) is 0 Å². The van der Waals surface area contributed by atoms with Crippen LogP contribution in [0.25, 0.3) is 0 Å². The van der Waals surface area contributed by atoms with Gasteiger partial charge in [0.15, 0.2) is 0 Å². The summed E-state index contributed by atoms with van der Waals surface area (Å²) < 4.78 is 0. The van der Waals surface area contributed by atoms with E-state index in [1.807, 2.05) is 0 Å². The minimum absolute atomic E-state index is 1.04. The fourth-order valence-corrected chi connectivity index (χ4v) is 2.03. The van der Waals surface area contributed by atoms with Gasteiger partial charge in [0.2, 0.25) is 0 Å².